The number of carbonyl (C=O) groups excluding carboxylic acids is 2. The Hall–Kier alpha value is -3.65. The van der Waals surface area contributed by atoms with Crippen molar-refractivity contribution in [2.75, 3.05) is 19.8 Å². The van der Waals surface area contributed by atoms with Crippen LogP contribution in [-0.4, -0.2) is 52.5 Å². The monoisotopic (exact) mass is 494 g/mol. The third kappa shape index (κ3) is 5.14. The molecule has 0 bridgehead atoms. The number of ether oxygens (including phenoxy) is 1. The first-order valence-electron chi connectivity index (χ1n) is 12.0. The van der Waals surface area contributed by atoms with E-state index in [-0.39, 0.29) is 25.0 Å². The van der Waals surface area contributed by atoms with Gasteiger partial charge >= 0.3 is 12.1 Å². The fraction of sp³-hybridized carbons (Fsp3) is 0.393. The van der Waals surface area contributed by atoms with Gasteiger partial charge in [0.25, 0.3) is 0 Å². The van der Waals surface area contributed by atoms with E-state index in [1.54, 1.807) is 32.9 Å². The molecule has 8 nitrogen and oxygen atoms in total. The molecule has 0 saturated heterocycles. The highest BCUT2D eigenvalue weighted by Gasteiger charge is 2.33. The number of carbonyl (C=O) groups is 3. The summed E-state index contributed by atoms with van der Waals surface area (Å²) in [5, 5.41) is 22.8. The largest absolute Gasteiger partial charge is 0.465 e. The highest BCUT2D eigenvalue weighted by atomic mass is 16.5. The number of aromatic nitrogens is 1. The molecule has 1 amide bonds. The first-order valence-corrected chi connectivity index (χ1v) is 12.0. The minimum absolute atomic E-state index is 0.196. The molecule has 0 aliphatic carbocycles. The van der Waals surface area contributed by atoms with Crippen molar-refractivity contribution in [3.05, 3.63) is 58.7 Å². The van der Waals surface area contributed by atoms with Crippen LogP contribution in [0.2, 0.25) is 0 Å². The number of nitrogens with zero attached hydrogens (tertiary/aromatic N) is 1. The fourth-order valence-electron chi connectivity index (χ4n) is 4.65. The summed E-state index contributed by atoms with van der Waals surface area (Å²) in [4.78, 5) is 37.1. The number of benzene rings is 2. The van der Waals surface area contributed by atoms with Gasteiger partial charge in [0.1, 0.15) is 6.61 Å². The van der Waals surface area contributed by atoms with Crippen molar-refractivity contribution in [1.29, 1.82) is 0 Å². The van der Waals surface area contributed by atoms with E-state index >= 15 is 0 Å². The number of nitrogens with one attached hydrogen (secondary N) is 1. The smallest absolute Gasteiger partial charge is 0.416 e. The van der Waals surface area contributed by atoms with E-state index in [9.17, 15) is 19.5 Å². The van der Waals surface area contributed by atoms with Gasteiger partial charge in [-0.3, -0.25) is 9.59 Å². The van der Waals surface area contributed by atoms with E-state index in [1.165, 1.54) is 4.57 Å². The van der Waals surface area contributed by atoms with Crippen LogP contribution in [-0.2, 0) is 19.7 Å². The Kier molecular flexibility index (Phi) is 7.89. The van der Waals surface area contributed by atoms with Crippen molar-refractivity contribution in [3.63, 3.8) is 0 Å². The zero-order valence-corrected chi connectivity index (χ0v) is 21.6. The summed E-state index contributed by atoms with van der Waals surface area (Å²) in [5.74, 6) is -1.19. The molecule has 0 aliphatic rings. The molecule has 1 unspecified atom stereocenters. The number of esters is 1. The summed E-state index contributed by atoms with van der Waals surface area (Å²) in [6.07, 6.45) is -1.13. The number of amides is 1. The van der Waals surface area contributed by atoms with Crippen molar-refractivity contribution in [1.82, 2.24) is 9.88 Å². The lowest BCUT2D eigenvalue weighted by Crippen LogP contribution is -2.31. The number of aliphatic hydroxyl groups excluding tert-OH is 1. The second-order valence-corrected chi connectivity index (χ2v) is 9.70. The van der Waals surface area contributed by atoms with E-state index in [4.69, 9.17) is 9.84 Å². The lowest BCUT2D eigenvalue weighted by Gasteiger charge is -2.23. The Morgan fingerprint density at radius 1 is 1.08 bits per heavy atom. The van der Waals surface area contributed by atoms with Crippen LogP contribution in [0.3, 0.4) is 0 Å². The minimum atomic E-state index is -1.13. The molecular weight excluding hydrogens is 460 g/mol. The van der Waals surface area contributed by atoms with Crippen LogP contribution in [0.1, 0.15) is 55.9 Å². The Morgan fingerprint density at radius 2 is 1.72 bits per heavy atom. The first kappa shape index (κ1) is 26.9. The molecule has 36 heavy (non-hydrogen) atoms. The molecule has 0 fully saturated rings. The number of fused-ring (bicyclic) bond motifs is 1. The SMILES string of the molecule is CCOC(=O)C(C)(C)c1ccc2c(c1)c(C(C)CNC(=O)CO)c(-c1cc(C)cc(C)c1)n2C(=O)O. The second-order valence-electron chi connectivity index (χ2n) is 9.70. The van der Waals surface area contributed by atoms with Gasteiger partial charge in [0, 0.05) is 17.8 Å². The number of rotatable bonds is 8. The third-order valence-corrected chi connectivity index (χ3v) is 6.44. The molecular formula is C28H34N2O6. The number of aliphatic hydroxyl groups is 1. The van der Waals surface area contributed by atoms with Crippen LogP contribution in [0.5, 0.6) is 0 Å². The molecule has 192 valence electrons. The van der Waals surface area contributed by atoms with Crippen LogP contribution in [0.15, 0.2) is 36.4 Å². The van der Waals surface area contributed by atoms with Gasteiger partial charge in [-0.25, -0.2) is 9.36 Å². The van der Waals surface area contributed by atoms with Crippen molar-refractivity contribution < 1.29 is 29.3 Å². The Morgan fingerprint density at radius 3 is 2.28 bits per heavy atom. The topological polar surface area (TPSA) is 118 Å². The third-order valence-electron chi connectivity index (χ3n) is 6.44. The Balaban J connectivity index is 2.37. The maximum atomic E-state index is 12.7. The molecule has 0 aliphatic heterocycles. The van der Waals surface area contributed by atoms with Crippen LogP contribution in [0.4, 0.5) is 4.79 Å². The zero-order chi connectivity index (χ0) is 26.8. The highest BCUT2D eigenvalue weighted by molar-refractivity contribution is 6.00. The summed E-state index contributed by atoms with van der Waals surface area (Å²) in [7, 11) is 0. The first-order chi connectivity index (χ1) is 16.9. The summed E-state index contributed by atoms with van der Waals surface area (Å²) in [5.41, 5.74) is 4.19. The average Bonchev–Trinajstić information content (AvgIpc) is 3.16. The predicted octanol–water partition coefficient (Wildman–Crippen LogP) is 4.50. The van der Waals surface area contributed by atoms with E-state index < -0.39 is 24.0 Å². The number of hydrogen-bond acceptors (Lipinski definition) is 5. The van der Waals surface area contributed by atoms with Gasteiger partial charge in [-0.1, -0.05) is 30.2 Å². The molecule has 0 radical (unpaired) electrons. The van der Waals surface area contributed by atoms with E-state index in [1.807, 2.05) is 45.0 Å². The van der Waals surface area contributed by atoms with Crippen molar-refractivity contribution in [2.45, 2.75) is 52.9 Å². The van der Waals surface area contributed by atoms with Crippen molar-refractivity contribution >= 4 is 28.9 Å². The molecule has 2 aromatic carbocycles. The van der Waals surface area contributed by atoms with Gasteiger partial charge < -0.3 is 20.3 Å². The van der Waals surface area contributed by atoms with Crippen LogP contribution < -0.4 is 5.32 Å². The standard InChI is InChI=1S/C28H34N2O6/c1-7-36-26(33)28(5,6)20-8-9-22-21(13-20)24(18(4)14-29-23(32)15-31)25(30(22)27(34)35)19-11-16(2)10-17(3)12-19/h8-13,18,31H,7,14-15H2,1-6H3,(H,29,32)(H,34,35). The second kappa shape index (κ2) is 10.5. The quantitative estimate of drug-likeness (QED) is 0.397. The number of hydrogen-bond donors (Lipinski definition) is 3. The van der Waals surface area contributed by atoms with Gasteiger partial charge in [0.15, 0.2) is 0 Å². The molecule has 3 N–H and O–H groups in total. The molecule has 1 aromatic heterocycles. The lowest BCUT2D eigenvalue weighted by atomic mass is 9.83. The van der Waals surface area contributed by atoms with E-state index in [0.717, 1.165) is 22.3 Å². The van der Waals surface area contributed by atoms with E-state index in [0.29, 0.717) is 22.2 Å². The molecule has 1 heterocycles. The fourth-order valence-corrected chi connectivity index (χ4v) is 4.65. The molecule has 3 aromatic rings. The lowest BCUT2D eigenvalue weighted by molar-refractivity contribution is -0.148. The highest BCUT2D eigenvalue weighted by Crippen LogP contribution is 2.41. The van der Waals surface area contributed by atoms with Crippen LogP contribution >= 0.6 is 0 Å². The maximum absolute atomic E-state index is 12.7. The van der Waals surface area contributed by atoms with Gasteiger partial charge in [-0.2, -0.15) is 0 Å². The van der Waals surface area contributed by atoms with Gasteiger partial charge in [0.2, 0.25) is 5.91 Å². The summed E-state index contributed by atoms with van der Waals surface area (Å²) in [6.45, 7) is 10.9. The molecule has 8 heteroatoms. The van der Waals surface area contributed by atoms with E-state index in [2.05, 4.69) is 5.32 Å². The van der Waals surface area contributed by atoms with Gasteiger partial charge in [-0.15, -0.1) is 0 Å². The Labute approximate surface area is 210 Å². The summed E-state index contributed by atoms with van der Waals surface area (Å²) in [6, 6.07) is 11.2. The minimum Gasteiger partial charge on any atom is -0.465 e. The molecule has 0 spiro atoms. The number of aryl methyl sites for hydroxylation is 2. The zero-order valence-electron chi connectivity index (χ0n) is 21.6. The maximum Gasteiger partial charge on any atom is 0.416 e. The summed E-state index contributed by atoms with van der Waals surface area (Å²) >= 11 is 0. The summed E-state index contributed by atoms with van der Waals surface area (Å²) < 4.78 is 6.55. The van der Waals surface area contributed by atoms with Crippen molar-refractivity contribution in [2.24, 2.45) is 0 Å². The van der Waals surface area contributed by atoms with Crippen molar-refractivity contribution in [3.8, 4) is 11.3 Å². The average molecular weight is 495 g/mol. The van der Waals surface area contributed by atoms with Crippen LogP contribution in [0, 0.1) is 13.8 Å². The number of carboxylic acid groups (broad SMARTS) is 1. The Bertz CT molecular complexity index is 1300. The van der Waals surface area contributed by atoms with Gasteiger partial charge in [0.05, 0.1) is 23.2 Å². The molecule has 3 rings (SSSR count). The molecule has 1 atom stereocenters. The van der Waals surface area contributed by atoms with Gasteiger partial charge in [-0.05, 0) is 75.6 Å². The normalized spacial score (nSPS) is 12.4. The predicted molar refractivity (Wildman–Crippen MR) is 138 cm³/mol. The molecule has 0 saturated carbocycles. The van der Waals surface area contributed by atoms with Crippen LogP contribution in [0.25, 0.3) is 22.2 Å².